The van der Waals surface area contributed by atoms with E-state index in [0.29, 0.717) is 0 Å². The number of carbonyl (C=O) groups is 1. The SMILES string of the molecule is Cc1cc(C)c(C(=O)c2ccccc2P)c(C)c1.[NaH]. The topological polar surface area (TPSA) is 17.1 Å². The van der Waals surface area contributed by atoms with Gasteiger partial charge in [0.1, 0.15) is 0 Å². The molecule has 1 atom stereocenters. The van der Waals surface area contributed by atoms with E-state index >= 15 is 0 Å². The van der Waals surface area contributed by atoms with Gasteiger partial charge < -0.3 is 0 Å². The molecule has 0 N–H and O–H groups in total. The molecule has 2 aromatic rings. The van der Waals surface area contributed by atoms with E-state index in [1.165, 1.54) is 5.56 Å². The molecule has 0 aliphatic heterocycles. The minimum atomic E-state index is 0. The molecular formula is C16H18NaOP. The molecule has 0 bridgehead atoms. The van der Waals surface area contributed by atoms with Crippen molar-refractivity contribution >= 4 is 49.9 Å². The molecule has 0 saturated heterocycles. The van der Waals surface area contributed by atoms with Crippen LogP contribution >= 0.6 is 9.24 Å². The Bertz CT molecular complexity index is 597. The van der Waals surface area contributed by atoms with Gasteiger partial charge in [-0.05, 0) is 37.2 Å². The average Bonchev–Trinajstić information content (AvgIpc) is 2.27. The minimum absolute atomic E-state index is 0. The van der Waals surface area contributed by atoms with Crippen LogP contribution in [0.1, 0.15) is 32.6 Å². The van der Waals surface area contributed by atoms with Crippen molar-refractivity contribution in [3.05, 3.63) is 64.2 Å². The molecule has 1 unspecified atom stereocenters. The van der Waals surface area contributed by atoms with Crippen LogP contribution in [0.3, 0.4) is 0 Å². The molecule has 3 heteroatoms. The quantitative estimate of drug-likeness (QED) is 0.469. The number of benzene rings is 2. The third kappa shape index (κ3) is 3.55. The maximum absolute atomic E-state index is 12.6. The predicted octanol–water partition coefficient (Wildman–Crippen LogP) is 2.69. The Balaban J connectivity index is 0.00000180. The van der Waals surface area contributed by atoms with Crippen LogP contribution in [0.15, 0.2) is 36.4 Å². The fourth-order valence-electron chi connectivity index (χ4n) is 2.38. The molecule has 0 heterocycles. The Morgan fingerprint density at radius 1 is 1.00 bits per heavy atom. The third-order valence-corrected chi connectivity index (χ3v) is 3.61. The Hall–Kier alpha value is -0.460. The van der Waals surface area contributed by atoms with Crippen molar-refractivity contribution in [1.82, 2.24) is 0 Å². The van der Waals surface area contributed by atoms with E-state index in [0.717, 1.165) is 27.6 Å². The van der Waals surface area contributed by atoms with Crippen molar-refractivity contribution in [3.8, 4) is 0 Å². The van der Waals surface area contributed by atoms with Gasteiger partial charge in [0, 0.05) is 11.1 Å². The molecule has 0 spiro atoms. The number of hydrogen-bond donors (Lipinski definition) is 0. The van der Waals surface area contributed by atoms with E-state index in [1.807, 2.05) is 38.1 Å². The van der Waals surface area contributed by atoms with Crippen LogP contribution < -0.4 is 5.30 Å². The Morgan fingerprint density at radius 2 is 1.53 bits per heavy atom. The van der Waals surface area contributed by atoms with Crippen LogP contribution in [0.2, 0.25) is 0 Å². The van der Waals surface area contributed by atoms with E-state index in [-0.39, 0.29) is 35.3 Å². The first kappa shape index (κ1) is 16.6. The number of hydrogen-bond acceptors (Lipinski definition) is 1. The zero-order chi connectivity index (χ0) is 13.3. The molecule has 0 aliphatic rings. The van der Waals surface area contributed by atoms with E-state index in [9.17, 15) is 4.79 Å². The predicted molar refractivity (Wildman–Crippen MR) is 87.0 cm³/mol. The van der Waals surface area contributed by atoms with Crippen molar-refractivity contribution in [1.29, 1.82) is 0 Å². The van der Waals surface area contributed by atoms with Gasteiger partial charge in [0.05, 0.1) is 0 Å². The normalized spacial score (nSPS) is 9.89. The van der Waals surface area contributed by atoms with Crippen LogP contribution in [-0.4, -0.2) is 35.3 Å². The van der Waals surface area contributed by atoms with Gasteiger partial charge in [0.2, 0.25) is 0 Å². The van der Waals surface area contributed by atoms with E-state index in [2.05, 4.69) is 28.3 Å². The monoisotopic (exact) mass is 280 g/mol. The van der Waals surface area contributed by atoms with E-state index < -0.39 is 0 Å². The molecule has 0 radical (unpaired) electrons. The van der Waals surface area contributed by atoms with E-state index in [1.54, 1.807) is 0 Å². The average molecular weight is 280 g/mol. The fourth-order valence-corrected chi connectivity index (χ4v) is 2.72. The van der Waals surface area contributed by atoms with Crippen LogP contribution in [0.25, 0.3) is 0 Å². The second-order valence-electron chi connectivity index (χ2n) is 4.69. The van der Waals surface area contributed by atoms with Gasteiger partial charge in [-0.2, -0.15) is 0 Å². The van der Waals surface area contributed by atoms with Crippen LogP contribution in [0, 0.1) is 20.8 Å². The molecule has 0 saturated carbocycles. The van der Waals surface area contributed by atoms with Crippen LogP contribution in [0.5, 0.6) is 0 Å². The van der Waals surface area contributed by atoms with Gasteiger partial charge in [-0.25, -0.2) is 0 Å². The van der Waals surface area contributed by atoms with Crippen molar-refractivity contribution in [2.24, 2.45) is 0 Å². The fraction of sp³-hybridized carbons (Fsp3) is 0.188. The van der Waals surface area contributed by atoms with Gasteiger partial charge >= 0.3 is 29.6 Å². The summed E-state index contributed by atoms with van der Waals surface area (Å²) in [4.78, 5) is 12.6. The molecule has 19 heavy (non-hydrogen) atoms. The van der Waals surface area contributed by atoms with Crippen molar-refractivity contribution in [3.63, 3.8) is 0 Å². The second kappa shape index (κ2) is 6.81. The summed E-state index contributed by atoms with van der Waals surface area (Å²) in [7, 11) is 2.63. The van der Waals surface area contributed by atoms with Crippen molar-refractivity contribution < 1.29 is 4.79 Å². The van der Waals surface area contributed by atoms with Crippen molar-refractivity contribution in [2.75, 3.05) is 0 Å². The van der Waals surface area contributed by atoms with Gasteiger partial charge in [-0.3, -0.25) is 4.79 Å². The molecule has 0 aromatic heterocycles. The summed E-state index contributed by atoms with van der Waals surface area (Å²) in [5, 5.41) is 0.946. The molecule has 0 aliphatic carbocycles. The zero-order valence-corrected chi connectivity index (χ0v) is 12.1. The van der Waals surface area contributed by atoms with Crippen LogP contribution in [-0.2, 0) is 0 Å². The maximum atomic E-state index is 12.6. The summed E-state index contributed by atoms with van der Waals surface area (Å²) >= 11 is 0. The Labute approximate surface area is 139 Å². The van der Waals surface area contributed by atoms with Crippen molar-refractivity contribution in [2.45, 2.75) is 20.8 Å². The summed E-state index contributed by atoms with van der Waals surface area (Å²) in [5.74, 6) is 0.107. The summed E-state index contributed by atoms with van der Waals surface area (Å²) in [5.41, 5.74) is 4.88. The number of carbonyl (C=O) groups excluding carboxylic acids is 1. The second-order valence-corrected chi connectivity index (χ2v) is 5.31. The van der Waals surface area contributed by atoms with Crippen LogP contribution in [0.4, 0.5) is 0 Å². The van der Waals surface area contributed by atoms with Gasteiger partial charge in [-0.15, -0.1) is 9.24 Å². The number of rotatable bonds is 2. The summed E-state index contributed by atoms with van der Waals surface area (Å²) in [6.45, 7) is 6.05. The van der Waals surface area contributed by atoms with E-state index in [4.69, 9.17) is 0 Å². The number of aryl methyl sites for hydroxylation is 3. The summed E-state index contributed by atoms with van der Waals surface area (Å²) in [6, 6.07) is 11.8. The summed E-state index contributed by atoms with van der Waals surface area (Å²) < 4.78 is 0. The molecule has 0 fully saturated rings. The Morgan fingerprint density at radius 3 is 2.05 bits per heavy atom. The van der Waals surface area contributed by atoms with Gasteiger partial charge in [0.25, 0.3) is 0 Å². The first-order valence-electron chi connectivity index (χ1n) is 5.97. The first-order chi connectivity index (χ1) is 8.50. The summed E-state index contributed by atoms with van der Waals surface area (Å²) in [6.07, 6.45) is 0. The Kier molecular flexibility index (Phi) is 5.95. The third-order valence-electron chi connectivity index (χ3n) is 3.11. The molecule has 0 amide bonds. The standard InChI is InChI=1S/C16H17OP.Na.H/c1-10-8-11(2)15(12(3)9-10)16(17)13-6-4-5-7-14(13)18;;/h4-9H,18H2,1-3H3;;. The zero-order valence-electron chi connectivity index (χ0n) is 10.9. The molecule has 94 valence electrons. The first-order valence-corrected chi connectivity index (χ1v) is 6.55. The number of ketones is 1. The molecular weight excluding hydrogens is 262 g/mol. The van der Waals surface area contributed by atoms with Gasteiger partial charge in [-0.1, -0.05) is 42.0 Å². The molecule has 1 nitrogen and oxygen atoms in total. The molecule has 2 aromatic carbocycles. The molecule has 2 rings (SSSR count). The van der Waals surface area contributed by atoms with Gasteiger partial charge in [0.15, 0.2) is 5.78 Å².